The Morgan fingerprint density at radius 2 is 1.54 bits per heavy atom. The summed E-state index contributed by atoms with van der Waals surface area (Å²) in [6.45, 7) is 2.02. The Bertz CT molecular complexity index is 1240. The molecule has 204 valence electrons. The molecule has 5 atom stereocenters. The van der Waals surface area contributed by atoms with E-state index in [0.29, 0.717) is 18.1 Å². The number of hydrogen-bond acceptors (Lipinski definition) is 8. The van der Waals surface area contributed by atoms with Crippen molar-refractivity contribution in [3.63, 3.8) is 0 Å². The van der Waals surface area contributed by atoms with Gasteiger partial charge in [0.05, 0.1) is 20.3 Å². The molecular formula is C30H31NO8. The molecule has 2 saturated heterocycles. The number of rotatable bonds is 10. The Labute approximate surface area is 227 Å². The van der Waals surface area contributed by atoms with E-state index in [0.717, 1.165) is 11.1 Å². The van der Waals surface area contributed by atoms with Gasteiger partial charge >= 0.3 is 12.1 Å². The number of carbonyl (C=O) groups is 2. The molecule has 0 unspecified atom stereocenters. The van der Waals surface area contributed by atoms with Gasteiger partial charge in [-0.05, 0) is 35.4 Å². The molecule has 3 aromatic rings. The van der Waals surface area contributed by atoms with Crippen LogP contribution in [0.3, 0.4) is 0 Å². The molecule has 0 aliphatic carbocycles. The van der Waals surface area contributed by atoms with Crippen molar-refractivity contribution < 1.29 is 38.0 Å². The van der Waals surface area contributed by atoms with Crippen LogP contribution in [0.15, 0.2) is 84.9 Å². The summed E-state index contributed by atoms with van der Waals surface area (Å²) in [5.74, 6) is 0.688. The van der Waals surface area contributed by atoms with Crippen LogP contribution in [0, 0.1) is 0 Å². The number of benzene rings is 3. The van der Waals surface area contributed by atoms with Gasteiger partial charge < -0.3 is 28.4 Å². The average Bonchev–Trinajstić information content (AvgIpc) is 3.27. The molecule has 5 rings (SSSR count). The van der Waals surface area contributed by atoms with Crippen molar-refractivity contribution in [3.8, 4) is 11.5 Å². The molecule has 3 aromatic carbocycles. The quantitative estimate of drug-likeness (QED) is 0.356. The van der Waals surface area contributed by atoms with Crippen LogP contribution in [0.25, 0.3) is 0 Å². The summed E-state index contributed by atoms with van der Waals surface area (Å²) >= 11 is 0. The lowest BCUT2D eigenvalue weighted by molar-refractivity contribution is -0.250. The molecule has 2 aliphatic rings. The van der Waals surface area contributed by atoms with Gasteiger partial charge in [-0.1, -0.05) is 60.7 Å². The molecule has 9 nitrogen and oxygen atoms in total. The normalized spacial score (nSPS) is 24.0. The third kappa shape index (κ3) is 6.32. The van der Waals surface area contributed by atoms with Crippen LogP contribution in [0.2, 0.25) is 0 Å². The van der Waals surface area contributed by atoms with Crippen LogP contribution in [0.4, 0.5) is 4.79 Å². The lowest BCUT2D eigenvalue weighted by Crippen LogP contribution is -2.63. The number of nitrogens with zero attached hydrogens (tertiary/aromatic N) is 1. The predicted octanol–water partition coefficient (Wildman–Crippen LogP) is 4.34. The zero-order chi connectivity index (χ0) is 27.2. The van der Waals surface area contributed by atoms with Gasteiger partial charge in [0.1, 0.15) is 23.6 Å². The van der Waals surface area contributed by atoms with Gasteiger partial charge in [0, 0.05) is 13.5 Å². The van der Waals surface area contributed by atoms with E-state index in [1.807, 2.05) is 60.7 Å². The number of carbonyl (C=O) groups excluding carboxylic acids is 2. The number of hydrogen-bond donors (Lipinski definition) is 0. The second kappa shape index (κ2) is 12.2. The van der Waals surface area contributed by atoms with Crippen molar-refractivity contribution in [2.45, 2.75) is 50.7 Å². The highest BCUT2D eigenvalue weighted by atomic mass is 16.7. The van der Waals surface area contributed by atoms with E-state index in [2.05, 4.69) is 0 Å². The van der Waals surface area contributed by atoms with E-state index in [-0.39, 0.29) is 13.2 Å². The third-order valence-electron chi connectivity index (χ3n) is 6.65. The summed E-state index contributed by atoms with van der Waals surface area (Å²) in [5, 5.41) is 0. The number of methoxy groups -OCH3 is 1. The second-order valence-corrected chi connectivity index (χ2v) is 9.36. The van der Waals surface area contributed by atoms with E-state index in [9.17, 15) is 9.59 Å². The predicted molar refractivity (Wildman–Crippen MR) is 140 cm³/mol. The maximum atomic E-state index is 13.2. The Morgan fingerprint density at radius 1 is 0.897 bits per heavy atom. The molecule has 0 spiro atoms. The van der Waals surface area contributed by atoms with Gasteiger partial charge in [-0.15, -0.1) is 0 Å². The fourth-order valence-electron chi connectivity index (χ4n) is 4.83. The van der Waals surface area contributed by atoms with Gasteiger partial charge in [-0.25, -0.2) is 4.79 Å². The van der Waals surface area contributed by atoms with Crippen molar-refractivity contribution in [2.24, 2.45) is 0 Å². The van der Waals surface area contributed by atoms with Crippen molar-refractivity contribution in [3.05, 3.63) is 96.1 Å². The molecule has 9 heteroatoms. The second-order valence-electron chi connectivity index (χ2n) is 9.36. The molecule has 0 saturated carbocycles. The molecular weight excluding hydrogens is 502 g/mol. The first-order valence-electron chi connectivity index (χ1n) is 12.8. The summed E-state index contributed by atoms with van der Waals surface area (Å²) in [5.41, 5.74) is 1.90. The number of fused-ring (bicyclic) bond motifs is 1. The highest BCUT2D eigenvalue weighted by molar-refractivity contribution is 5.71. The third-order valence-corrected chi connectivity index (χ3v) is 6.65. The first-order chi connectivity index (χ1) is 19.0. The minimum Gasteiger partial charge on any atom is -0.497 e. The molecule has 0 aromatic heterocycles. The topological polar surface area (TPSA) is 92.8 Å². The van der Waals surface area contributed by atoms with Crippen molar-refractivity contribution >= 4 is 12.1 Å². The largest absolute Gasteiger partial charge is 0.497 e. The van der Waals surface area contributed by atoms with Crippen LogP contribution in [-0.2, 0) is 36.9 Å². The highest BCUT2D eigenvalue weighted by Crippen LogP contribution is 2.37. The van der Waals surface area contributed by atoms with Crippen LogP contribution in [0.1, 0.15) is 18.1 Å². The maximum absolute atomic E-state index is 13.2. The molecule has 1 amide bonds. The minimum absolute atomic E-state index is 0.0920. The number of esters is 1. The molecule has 0 N–H and O–H groups in total. The number of amides is 1. The first kappa shape index (κ1) is 26.5. The fraction of sp³-hybridized carbons (Fsp3) is 0.333. The SMILES string of the molecule is COc1ccc(O[C@H]2O[C@H](COCc3ccccc3)[C@@H](OC(C)=O)[C@@H]3OC(=O)N(Cc4ccccc4)[C@@H]23)cc1. The molecule has 2 fully saturated rings. The highest BCUT2D eigenvalue weighted by Gasteiger charge is 2.58. The number of ether oxygens (including phenoxy) is 6. The summed E-state index contributed by atoms with van der Waals surface area (Å²) in [7, 11) is 1.59. The van der Waals surface area contributed by atoms with Gasteiger partial charge in [-0.2, -0.15) is 0 Å². The van der Waals surface area contributed by atoms with E-state index >= 15 is 0 Å². The smallest absolute Gasteiger partial charge is 0.411 e. The summed E-state index contributed by atoms with van der Waals surface area (Å²) in [4.78, 5) is 26.8. The summed E-state index contributed by atoms with van der Waals surface area (Å²) < 4.78 is 35.4. The van der Waals surface area contributed by atoms with Gasteiger partial charge in [-0.3, -0.25) is 9.69 Å². The van der Waals surface area contributed by atoms with Crippen molar-refractivity contribution in [1.29, 1.82) is 0 Å². The fourth-order valence-corrected chi connectivity index (χ4v) is 4.83. The van der Waals surface area contributed by atoms with Crippen LogP contribution < -0.4 is 9.47 Å². The van der Waals surface area contributed by atoms with Crippen molar-refractivity contribution in [2.75, 3.05) is 13.7 Å². The van der Waals surface area contributed by atoms with E-state index in [1.54, 1.807) is 36.3 Å². The first-order valence-corrected chi connectivity index (χ1v) is 12.8. The van der Waals surface area contributed by atoms with E-state index in [1.165, 1.54) is 6.92 Å². The Balaban J connectivity index is 1.42. The van der Waals surface area contributed by atoms with Gasteiger partial charge in [0.25, 0.3) is 0 Å². The average molecular weight is 534 g/mol. The van der Waals surface area contributed by atoms with E-state index < -0.39 is 42.7 Å². The molecule has 2 heterocycles. The Morgan fingerprint density at radius 3 is 2.18 bits per heavy atom. The zero-order valence-electron chi connectivity index (χ0n) is 21.8. The zero-order valence-corrected chi connectivity index (χ0v) is 21.8. The van der Waals surface area contributed by atoms with E-state index in [4.69, 9.17) is 28.4 Å². The Hall–Kier alpha value is -4.08. The summed E-state index contributed by atoms with van der Waals surface area (Å²) in [6, 6.07) is 25.6. The molecule has 39 heavy (non-hydrogen) atoms. The molecule has 2 aliphatic heterocycles. The standard InChI is InChI=1S/C30H31NO8/c1-20(32)36-27-25(19-35-18-22-11-7-4-8-12-22)38-29(37-24-15-13-23(34-2)14-16-24)26-28(27)39-30(33)31(26)17-21-9-5-3-6-10-21/h3-16,25-29H,17-19H2,1-2H3/t25-,26-,27-,28-,29+/m1/s1. The lowest BCUT2D eigenvalue weighted by atomic mass is 9.96. The molecule has 0 radical (unpaired) electrons. The monoisotopic (exact) mass is 533 g/mol. The van der Waals surface area contributed by atoms with Gasteiger partial charge in [0.2, 0.25) is 6.29 Å². The maximum Gasteiger partial charge on any atom is 0.411 e. The molecule has 0 bridgehead atoms. The lowest BCUT2D eigenvalue weighted by Gasteiger charge is -2.43. The van der Waals surface area contributed by atoms with Crippen LogP contribution >= 0.6 is 0 Å². The van der Waals surface area contributed by atoms with Crippen LogP contribution in [0.5, 0.6) is 11.5 Å². The van der Waals surface area contributed by atoms with Crippen molar-refractivity contribution in [1.82, 2.24) is 4.90 Å². The van der Waals surface area contributed by atoms with Gasteiger partial charge in [0.15, 0.2) is 12.2 Å². The summed E-state index contributed by atoms with van der Waals surface area (Å²) in [6.07, 6.45) is -3.91. The van der Waals surface area contributed by atoms with Crippen LogP contribution in [-0.4, -0.2) is 61.3 Å². The minimum atomic E-state index is -0.921. The Kier molecular flexibility index (Phi) is 8.29.